The van der Waals surface area contributed by atoms with Gasteiger partial charge in [0.1, 0.15) is 0 Å². The SMILES string of the molecule is Cc1ccc(NS(=O)(=O)c2cc(C#N)ccc2C)cc1Cl. The lowest BCUT2D eigenvalue weighted by atomic mass is 10.2. The molecule has 0 radical (unpaired) electrons. The molecule has 0 aliphatic carbocycles. The van der Waals surface area contributed by atoms with Crippen molar-refractivity contribution >= 4 is 27.3 Å². The Kier molecular flexibility index (Phi) is 4.21. The van der Waals surface area contributed by atoms with Crippen LogP contribution in [0.5, 0.6) is 0 Å². The number of hydrogen-bond acceptors (Lipinski definition) is 3. The van der Waals surface area contributed by atoms with Crippen molar-refractivity contribution in [3.05, 3.63) is 58.1 Å². The standard InChI is InChI=1S/C15H13ClN2O2S/c1-10-4-6-13(8-14(10)16)18-21(19,20)15-7-12(9-17)5-3-11(15)2/h3-8,18H,1-2H3. The maximum absolute atomic E-state index is 12.4. The summed E-state index contributed by atoms with van der Waals surface area (Å²) in [6, 6.07) is 11.4. The number of anilines is 1. The van der Waals surface area contributed by atoms with E-state index in [0.717, 1.165) is 5.56 Å². The summed E-state index contributed by atoms with van der Waals surface area (Å²) in [6.45, 7) is 3.51. The first-order valence-electron chi connectivity index (χ1n) is 6.13. The molecule has 108 valence electrons. The van der Waals surface area contributed by atoms with Crippen molar-refractivity contribution in [2.45, 2.75) is 18.7 Å². The van der Waals surface area contributed by atoms with Crippen LogP contribution in [-0.2, 0) is 10.0 Å². The zero-order valence-corrected chi connectivity index (χ0v) is 13.1. The van der Waals surface area contributed by atoms with Crippen LogP contribution in [0.2, 0.25) is 5.02 Å². The predicted octanol–water partition coefficient (Wildman–Crippen LogP) is 3.63. The summed E-state index contributed by atoms with van der Waals surface area (Å²) in [4.78, 5) is 0.0817. The van der Waals surface area contributed by atoms with E-state index in [1.54, 1.807) is 37.3 Å². The molecule has 2 aromatic rings. The van der Waals surface area contributed by atoms with Gasteiger partial charge in [0.25, 0.3) is 10.0 Å². The zero-order valence-electron chi connectivity index (χ0n) is 11.5. The molecule has 0 amide bonds. The zero-order chi connectivity index (χ0) is 15.6. The van der Waals surface area contributed by atoms with Crippen LogP contribution < -0.4 is 4.72 Å². The third-order valence-electron chi connectivity index (χ3n) is 3.03. The molecule has 0 saturated carbocycles. The molecular weight excluding hydrogens is 308 g/mol. The smallest absolute Gasteiger partial charge is 0.262 e. The Morgan fingerprint density at radius 3 is 2.38 bits per heavy atom. The number of nitriles is 1. The Balaban J connectivity index is 2.43. The number of sulfonamides is 1. The summed E-state index contributed by atoms with van der Waals surface area (Å²) < 4.78 is 27.3. The molecule has 0 spiro atoms. The van der Waals surface area contributed by atoms with Crippen LogP contribution >= 0.6 is 11.6 Å². The van der Waals surface area contributed by atoms with Gasteiger partial charge >= 0.3 is 0 Å². The molecule has 0 fully saturated rings. The van der Waals surface area contributed by atoms with Crippen LogP contribution in [0.3, 0.4) is 0 Å². The first kappa shape index (κ1) is 15.4. The first-order valence-corrected chi connectivity index (χ1v) is 7.99. The number of hydrogen-bond donors (Lipinski definition) is 1. The molecule has 6 heteroatoms. The number of aryl methyl sites for hydroxylation is 2. The summed E-state index contributed by atoms with van der Waals surface area (Å²) in [6.07, 6.45) is 0. The molecule has 0 atom stereocenters. The van der Waals surface area contributed by atoms with Gasteiger partial charge in [0.15, 0.2) is 0 Å². The Morgan fingerprint density at radius 1 is 1.10 bits per heavy atom. The summed E-state index contributed by atoms with van der Waals surface area (Å²) in [7, 11) is -3.77. The van der Waals surface area contributed by atoms with Crippen LogP contribution in [-0.4, -0.2) is 8.42 Å². The number of benzene rings is 2. The van der Waals surface area contributed by atoms with E-state index in [1.165, 1.54) is 6.07 Å². The minimum atomic E-state index is -3.77. The van der Waals surface area contributed by atoms with Gasteiger partial charge in [-0.25, -0.2) is 8.42 Å². The molecule has 0 aromatic heterocycles. The fraction of sp³-hybridized carbons (Fsp3) is 0.133. The maximum Gasteiger partial charge on any atom is 0.262 e. The van der Waals surface area contributed by atoms with Crippen molar-refractivity contribution in [2.75, 3.05) is 4.72 Å². The average molecular weight is 321 g/mol. The molecule has 2 rings (SSSR count). The normalized spacial score (nSPS) is 11.0. The number of nitrogens with one attached hydrogen (secondary N) is 1. The van der Waals surface area contributed by atoms with Gasteiger partial charge in [-0.15, -0.1) is 0 Å². The van der Waals surface area contributed by atoms with Crippen molar-refractivity contribution in [3.63, 3.8) is 0 Å². The van der Waals surface area contributed by atoms with Crippen molar-refractivity contribution < 1.29 is 8.42 Å². The lowest BCUT2D eigenvalue weighted by Gasteiger charge is -2.11. The van der Waals surface area contributed by atoms with Crippen molar-refractivity contribution in [1.29, 1.82) is 5.26 Å². The van der Waals surface area contributed by atoms with E-state index < -0.39 is 10.0 Å². The van der Waals surface area contributed by atoms with Gasteiger partial charge in [-0.2, -0.15) is 5.26 Å². The molecule has 21 heavy (non-hydrogen) atoms. The second-order valence-electron chi connectivity index (χ2n) is 4.66. The molecule has 4 nitrogen and oxygen atoms in total. The van der Waals surface area contributed by atoms with Gasteiger partial charge in [0, 0.05) is 5.02 Å². The lowest BCUT2D eigenvalue weighted by molar-refractivity contribution is 0.600. The van der Waals surface area contributed by atoms with Crippen molar-refractivity contribution in [2.24, 2.45) is 0 Å². The molecule has 1 N–H and O–H groups in total. The van der Waals surface area contributed by atoms with E-state index in [1.807, 2.05) is 13.0 Å². The minimum Gasteiger partial charge on any atom is -0.280 e. The summed E-state index contributed by atoms with van der Waals surface area (Å²) in [5.41, 5.74) is 2.11. The van der Waals surface area contributed by atoms with Crippen LogP contribution in [0.4, 0.5) is 5.69 Å². The van der Waals surface area contributed by atoms with E-state index in [2.05, 4.69) is 4.72 Å². The summed E-state index contributed by atoms with van der Waals surface area (Å²) in [5, 5.41) is 9.38. The first-order chi connectivity index (χ1) is 9.83. The third kappa shape index (κ3) is 3.35. The molecule has 0 bridgehead atoms. The number of nitrogens with zero attached hydrogens (tertiary/aromatic N) is 1. The Hall–Kier alpha value is -2.03. The molecule has 0 heterocycles. The van der Waals surface area contributed by atoms with Gasteiger partial charge in [-0.05, 0) is 49.2 Å². The van der Waals surface area contributed by atoms with E-state index in [9.17, 15) is 8.42 Å². The molecule has 0 unspecified atom stereocenters. The third-order valence-corrected chi connectivity index (χ3v) is 4.96. The molecule has 2 aromatic carbocycles. The highest BCUT2D eigenvalue weighted by Gasteiger charge is 2.18. The highest BCUT2D eigenvalue weighted by atomic mass is 35.5. The van der Waals surface area contributed by atoms with Crippen LogP contribution in [0.1, 0.15) is 16.7 Å². The van der Waals surface area contributed by atoms with Gasteiger partial charge in [0.2, 0.25) is 0 Å². The van der Waals surface area contributed by atoms with Crippen LogP contribution in [0.15, 0.2) is 41.3 Å². The number of halogens is 1. The van der Waals surface area contributed by atoms with E-state index in [4.69, 9.17) is 16.9 Å². The summed E-state index contributed by atoms with van der Waals surface area (Å²) >= 11 is 5.99. The topological polar surface area (TPSA) is 70.0 Å². The maximum atomic E-state index is 12.4. The molecule has 0 aliphatic heterocycles. The summed E-state index contributed by atoms with van der Waals surface area (Å²) in [5.74, 6) is 0. The van der Waals surface area contributed by atoms with Crippen LogP contribution in [0.25, 0.3) is 0 Å². The molecule has 0 aliphatic rings. The molecule has 0 saturated heterocycles. The molecular formula is C15H13ClN2O2S. The van der Waals surface area contributed by atoms with E-state index in [-0.39, 0.29) is 4.90 Å². The monoisotopic (exact) mass is 320 g/mol. The van der Waals surface area contributed by atoms with Crippen molar-refractivity contribution in [3.8, 4) is 6.07 Å². The van der Waals surface area contributed by atoms with Crippen LogP contribution in [0, 0.1) is 25.2 Å². The lowest BCUT2D eigenvalue weighted by Crippen LogP contribution is -2.14. The van der Waals surface area contributed by atoms with Gasteiger partial charge < -0.3 is 0 Å². The van der Waals surface area contributed by atoms with Gasteiger partial charge in [-0.3, -0.25) is 4.72 Å². The highest BCUT2D eigenvalue weighted by Crippen LogP contribution is 2.24. The Labute approximate surface area is 129 Å². The quantitative estimate of drug-likeness (QED) is 0.938. The largest absolute Gasteiger partial charge is 0.280 e. The Bertz CT molecular complexity index is 839. The predicted molar refractivity (Wildman–Crippen MR) is 82.9 cm³/mol. The van der Waals surface area contributed by atoms with E-state index in [0.29, 0.717) is 21.8 Å². The second-order valence-corrected chi connectivity index (χ2v) is 6.72. The highest BCUT2D eigenvalue weighted by molar-refractivity contribution is 7.92. The fourth-order valence-electron chi connectivity index (χ4n) is 1.83. The minimum absolute atomic E-state index is 0.0817. The second kappa shape index (κ2) is 5.76. The van der Waals surface area contributed by atoms with Crippen molar-refractivity contribution in [1.82, 2.24) is 0 Å². The van der Waals surface area contributed by atoms with Gasteiger partial charge in [0.05, 0.1) is 22.2 Å². The average Bonchev–Trinajstić information content (AvgIpc) is 2.43. The Morgan fingerprint density at radius 2 is 1.76 bits per heavy atom. The number of rotatable bonds is 3. The van der Waals surface area contributed by atoms with Gasteiger partial charge in [-0.1, -0.05) is 23.7 Å². The van der Waals surface area contributed by atoms with E-state index >= 15 is 0 Å². The fourth-order valence-corrected chi connectivity index (χ4v) is 3.33.